The monoisotopic (exact) mass is 374 g/mol. The fourth-order valence-electron chi connectivity index (χ4n) is 2.79. The van der Waals surface area contributed by atoms with Crippen LogP contribution in [0.5, 0.6) is 5.75 Å². The van der Waals surface area contributed by atoms with Gasteiger partial charge in [0.2, 0.25) is 0 Å². The van der Waals surface area contributed by atoms with Gasteiger partial charge in [-0.15, -0.1) is 11.3 Å². The summed E-state index contributed by atoms with van der Waals surface area (Å²) in [5.41, 5.74) is 1.27. The summed E-state index contributed by atoms with van der Waals surface area (Å²) in [5.74, 6) is 0.00878. The number of likely N-dealkylation sites (tertiary alicyclic amines) is 1. The molecule has 0 saturated carbocycles. The maximum absolute atomic E-state index is 12.2. The molecule has 1 aromatic heterocycles. The van der Waals surface area contributed by atoms with Crippen molar-refractivity contribution in [2.45, 2.75) is 39.4 Å². The lowest BCUT2D eigenvalue weighted by atomic mass is 10.2. The number of hydrogen-bond acceptors (Lipinski definition) is 6. The summed E-state index contributed by atoms with van der Waals surface area (Å²) in [6, 6.07) is 6.69. The van der Waals surface area contributed by atoms with Crippen LogP contribution in [-0.2, 0) is 16.1 Å². The van der Waals surface area contributed by atoms with Crippen molar-refractivity contribution in [1.82, 2.24) is 9.88 Å². The molecular formula is C19H22N2O4S. The third kappa shape index (κ3) is 4.60. The molecule has 2 aromatic rings. The predicted molar refractivity (Wildman–Crippen MR) is 98.3 cm³/mol. The van der Waals surface area contributed by atoms with Gasteiger partial charge in [0.1, 0.15) is 12.4 Å². The second-order valence-electron chi connectivity index (χ2n) is 6.25. The number of ether oxygens (including phenoxy) is 2. The van der Waals surface area contributed by atoms with Gasteiger partial charge in [-0.3, -0.25) is 4.79 Å². The normalized spacial score (nSPS) is 14.9. The molecule has 0 unspecified atom stereocenters. The molecule has 0 spiro atoms. The topological polar surface area (TPSA) is 68.7 Å². The molecule has 7 heteroatoms. The highest BCUT2D eigenvalue weighted by molar-refractivity contribution is 7.09. The summed E-state index contributed by atoms with van der Waals surface area (Å²) in [5, 5.41) is 2.96. The highest BCUT2D eigenvalue weighted by Gasteiger charge is 2.26. The lowest BCUT2D eigenvalue weighted by Gasteiger charge is -2.20. The van der Waals surface area contributed by atoms with Crippen LogP contribution in [0.2, 0.25) is 0 Å². The van der Waals surface area contributed by atoms with E-state index >= 15 is 0 Å². The molecule has 3 rings (SSSR count). The van der Waals surface area contributed by atoms with E-state index in [-0.39, 0.29) is 5.91 Å². The number of esters is 1. The zero-order chi connectivity index (χ0) is 18.5. The summed E-state index contributed by atoms with van der Waals surface area (Å²) in [7, 11) is 0. The first-order valence-corrected chi connectivity index (χ1v) is 9.54. The zero-order valence-corrected chi connectivity index (χ0v) is 15.8. The SMILES string of the molecule is Cc1nc(COc2ccc(C(=O)O[C@@H](C)C(=O)N3CCCC3)cc2)cs1. The number of aromatic nitrogens is 1. The number of amides is 1. The molecule has 6 nitrogen and oxygen atoms in total. The van der Waals surface area contributed by atoms with Crippen molar-refractivity contribution < 1.29 is 19.1 Å². The first-order chi connectivity index (χ1) is 12.5. The molecular weight excluding hydrogens is 352 g/mol. The van der Waals surface area contributed by atoms with Gasteiger partial charge in [-0.25, -0.2) is 9.78 Å². The van der Waals surface area contributed by atoms with Crippen LogP contribution in [-0.4, -0.2) is 41.0 Å². The highest BCUT2D eigenvalue weighted by atomic mass is 32.1. The predicted octanol–water partition coefficient (Wildman–Crippen LogP) is 3.20. The fourth-order valence-corrected chi connectivity index (χ4v) is 3.39. The van der Waals surface area contributed by atoms with E-state index in [0.717, 1.165) is 36.6 Å². The van der Waals surface area contributed by atoms with Crippen molar-refractivity contribution >= 4 is 23.2 Å². The second kappa shape index (κ2) is 8.31. The standard InChI is InChI=1S/C19H22N2O4S/c1-13(18(22)21-9-3-4-10-21)25-19(23)15-5-7-17(8-6-15)24-11-16-12-26-14(2)20-16/h5-8,12-13H,3-4,9-11H2,1-2H3/t13-/m0/s1. The number of hydrogen-bond donors (Lipinski definition) is 0. The van der Waals surface area contributed by atoms with E-state index < -0.39 is 12.1 Å². The van der Waals surface area contributed by atoms with Crippen LogP contribution in [0.25, 0.3) is 0 Å². The summed E-state index contributed by atoms with van der Waals surface area (Å²) < 4.78 is 11.0. The van der Waals surface area contributed by atoms with Gasteiger partial charge in [0.15, 0.2) is 6.10 Å². The van der Waals surface area contributed by atoms with Crippen LogP contribution in [0, 0.1) is 6.92 Å². The maximum atomic E-state index is 12.2. The molecule has 1 saturated heterocycles. The minimum atomic E-state index is -0.774. The van der Waals surface area contributed by atoms with Gasteiger partial charge in [0.25, 0.3) is 5.91 Å². The molecule has 138 valence electrons. The molecule has 1 atom stereocenters. The highest BCUT2D eigenvalue weighted by Crippen LogP contribution is 2.17. The summed E-state index contributed by atoms with van der Waals surface area (Å²) >= 11 is 1.58. The van der Waals surface area contributed by atoms with Crippen LogP contribution in [0.3, 0.4) is 0 Å². The molecule has 2 heterocycles. The average molecular weight is 374 g/mol. The molecule has 1 aliphatic heterocycles. The smallest absolute Gasteiger partial charge is 0.338 e. The molecule has 1 aliphatic rings. The summed E-state index contributed by atoms with van der Waals surface area (Å²) in [6.45, 7) is 5.43. The summed E-state index contributed by atoms with van der Waals surface area (Å²) in [6.07, 6.45) is 1.24. The van der Waals surface area contributed by atoms with Crippen molar-refractivity contribution in [3.63, 3.8) is 0 Å². The molecule has 0 bridgehead atoms. The average Bonchev–Trinajstić information content (AvgIpc) is 3.31. The Morgan fingerprint density at radius 3 is 2.54 bits per heavy atom. The number of thiazole rings is 1. The van der Waals surface area contributed by atoms with Crippen molar-refractivity contribution in [3.8, 4) is 5.75 Å². The molecule has 1 aromatic carbocycles. The first-order valence-electron chi connectivity index (χ1n) is 8.66. The quantitative estimate of drug-likeness (QED) is 0.727. The van der Waals surface area contributed by atoms with Gasteiger partial charge in [-0.05, 0) is 51.0 Å². The van der Waals surface area contributed by atoms with Gasteiger partial charge in [-0.2, -0.15) is 0 Å². The van der Waals surface area contributed by atoms with Crippen LogP contribution in [0.1, 0.15) is 40.8 Å². The van der Waals surface area contributed by atoms with Crippen molar-refractivity contribution in [3.05, 3.63) is 45.9 Å². The Kier molecular flexibility index (Phi) is 5.88. The minimum Gasteiger partial charge on any atom is -0.487 e. The molecule has 1 fully saturated rings. The van der Waals surface area contributed by atoms with Gasteiger partial charge < -0.3 is 14.4 Å². The Morgan fingerprint density at radius 1 is 1.23 bits per heavy atom. The first kappa shape index (κ1) is 18.4. The lowest BCUT2D eigenvalue weighted by Crippen LogP contribution is -2.38. The van der Waals surface area contributed by atoms with Crippen molar-refractivity contribution in [2.75, 3.05) is 13.1 Å². The van der Waals surface area contributed by atoms with E-state index in [2.05, 4.69) is 4.98 Å². The third-order valence-electron chi connectivity index (χ3n) is 4.19. The van der Waals surface area contributed by atoms with E-state index in [1.165, 1.54) is 0 Å². The van der Waals surface area contributed by atoms with Crippen LogP contribution in [0.4, 0.5) is 0 Å². The van der Waals surface area contributed by atoms with Crippen LogP contribution >= 0.6 is 11.3 Å². The number of rotatable bonds is 6. The molecule has 0 aliphatic carbocycles. The molecule has 26 heavy (non-hydrogen) atoms. The lowest BCUT2D eigenvalue weighted by molar-refractivity contribution is -0.138. The molecule has 1 amide bonds. The zero-order valence-electron chi connectivity index (χ0n) is 14.9. The van der Waals surface area contributed by atoms with Gasteiger partial charge in [-0.1, -0.05) is 0 Å². The number of benzene rings is 1. The number of aryl methyl sites for hydroxylation is 1. The number of carbonyl (C=O) groups excluding carboxylic acids is 2. The van der Waals surface area contributed by atoms with Crippen molar-refractivity contribution in [2.24, 2.45) is 0 Å². The Morgan fingerprint density at radius 2 is 1.92 bits per heavy atom. The maximum Gasteiger partial charge on any atom is 0.338 e. The fraction of sp³-hybridized carbons (Fsp3) is 0.421. The van der Waals surface area contributed by atoms with E-state index in [1.807, 2.05) is 12.3 Å². The largest absolute Gasteiger partial charge is 0.487 e. The van der Waals surface area contributed by atoms with Gasteiger partial charge in [0, 0.05) is 18.5 Å². The molecule has 0 radical (unpaired) electrons. The Labute approximate surface area is 156 Å². The Balaban J connectivity index is 1.52. The van der Waals surface area contributed by atoms with E-state index in [9.17, 15) is 9.59 Å². The number of nitrogens with zero attached hydrogens (tertiary/aromatic N) is 2. The van der Waals surface area contributed by atoms with E-state index in [4.69, 9.17) is 9.47 Å². The number of carbonyl (C=O) groups is 2. The van der Waals surface area contributed by atoms with E-state index in [1.54, 1.807) is 47.4 Å². The van der Waals surface area contributed by atoms with E-state index in [0.29, 0.717) is 17.9 Å². The van der Waals surface area contributed by atoms with Crippen LogP contribution in [0.15, 0.2) is 29.6 Å². The van der Waals surface area contributed by atoms with Gasteiger partial charge in [0.05, 0.1) is 16.3 Å². The summed E-state index contributed by atoms with van der Waals surface area (Å²) in [4.78, 5) is 30.5. The molecule has 0 N–H and O–H groups in total. The minimum absolute atomic E-state index is 0.130. The Hall–Kier alpha value is -2.41. The van der Waals surface area contributed by atoms with Crippen LogP contribution < -0.4 is 4.74 Å². The van der Waals surface area contributed by atoms with Gasteiger partial charge >= 0.3 is 5.97 Å². The van der Waals surface area contributed by atoms with Crippen molar-refractivity contribution in [1.29, 1.82) is 0 Å². The third-order valence-corrected chi connectivity index (χ3v) is 5.01. The Bertz CT molecular complexity index is 766. The second-order valence-corrected chi connectivity index (χ2v) is 7.31.